The summed E-state index contributed by atoms with van der Waals surface area (Å²) in [6, 6.07) is 14.4. The molecule has 0 bridgehead atoms. The third kappa shape index (κ3) is 5.25. The molecule has 1 aromatic heterocycles. The van der Waals surface area contributed by atoms with Crippen LogP contribution in [0.15, 0.2) is 59.5 Å². The van der Waals surface area contributed by atoms with Gasteiger partial charge in [-0.15, -0.1) is 0 Å². The molecular formula is C22H23N3O5S. The second-order valence-corrected chi connectivity index (χ2v) is 8.94. The molecule has 0 saturated carbocycles. The smallest absolute Gasteiger partial charge is 0.339 e. The average molecular weight is 442 g/mol. The molecule has 0 saturated heterocycles. The molecule has 1 atom stereocenters. The molecule has 2 aromatic carbocycles. The van der Waals surface area contributed by atoms with Crippen LogP contribution in [0.3, 0.4) is 0 Å². The maximum atomic E-state index is 12.9. The number of anilines is 1. The summed E-state index contributed by atoms with van der Waals surface area (Å²) in [7, 11) is -3.91. The van der Waals surface area contributed by atoms with E-state index >= 15 is 0 Å². The van der Waals surface area contributed by atoms with Crippen LogP contribution in [0.4, 0.5) is 5.69 Å². The summed E-state index contributed by atoms with van der Waals surface area (Å²) >= 11 is 0. The number of carbonyl (C=O) groups is 2. The second kappa shape index (κ2) is 8.83. The van der Waals surface area contributed by atoms with Crippen LogP contribution in [0.1, 0.15) is 42.7 Å². The van der Waals surface area contributed by atoms with E-state index in [2.05, 4.69) is 10.3 Å². The molecule has 31 heavy (non-hydrogen) atoms. The summed E-state index contributed by atoms with van der Waals surface area (Å²) in [6.45, 7) is 5.37. The molecule has 0 radical (unpaired) electrons. The molecule has 0 aliphatic rings. The molecule has 1 unspecified atom stereocenters. The van der Waals surface area contributed by atoms with Crippen molar-refractivity contribution in [2.24, 2.45) is 5.14 Å². The summed E-state index contributed by atoms with van der Waals surface area (Å²) in [4.78, 5) is 29.8. The Kier molecular flexibility index (Phi) is 6.37. The molecule has 3 aromatic rings. The molecule has 1 heterocycles. The highest BCUT2D eigenvalue weighted by atomic mass is 32.2. The lowest BCUT2D eigenvalue weighted by molar-refractivity contribution is -0.123. The highest BCUT2D eigenvalue weighted by Gasteiger charge is 2.22. The highest BCUT2D eigenvalue weighted by Crippen LogP contribution is 2.23. The van der Waals surface area contributed by atoms with Gasteiger partial charge in [0.25, 0.3) is 5.91 Å². The number of hydrogen-bond acceptors (Lipinski definition) is 6. The van der Waals surface area contributed by atoms with Gasteiger partial charge in [-0.05, 0) is 43.2 Å². The fraction of sp³-hybridized carbons (Fsp3) is 0.227. The Morgan fingerprint density at radius 1 is 1.03 bits per heavy atom. The number of ether oxygens (including phenoxy) is 1. The van der Waals surface area contributed by atoms with E-state index in [0.29, 0.717) is 16.5 Å². The van der Waals surface area contributed by atoms with Gasteiger partial charge in [-0.3, -0.25) is 9.78 Å². The molecule has 3 rings (SSSR count). The van der Waals surface area contributed by atoms with Crippen LogP contribution >= 0.6 is 0 Å². The first-order chi connectivity index (χ1) is 14.6. The zero-order valence-corrected chi connectivity index (χ0v) is 18.1. The number of pyridine rings is 1. The number of fused-ring (bicyclic) bond motifs is 1. The van der Waals surface area contributed by atoms with Gasteiger partial charge >= 0.3 is 5.97 Å². The monoisotopic (exact) mass is 441 g/mol. The molecule has 0 aliphatic carbocycles. The minimum atomic E-state index is -3.91. The number of carbonyl (C=O) groups excluding carboxylic acids is 2. The van der Waals surface area contributed by atoms with Gasteiger partial charge in [0, 0.05) is 16.8 Å². The number of nitrogens with one attached hydrogen (secondary N) is 1. The summed E-state index contributed by atoms with van der Waals surface area (Å²) in [5.41, 5.74) is 1.95. The maximum absolute atomic E-state index is 12.9. The SMILES string of the molecule is CC(OC(=O)c1cc(C(C)C)nc2ccccc12)C(=O)Nc1cccc(S(N)(=O)=O)c1. The van der Waals surface area contributed by atoms with E-state index in [1.807, 2.05) is 26.0 Å². The Bertz CT molecular complexity index is 1250. The lowest BCUT2D eigenvalue weighted by Gasteiger charge is -2.16. The van der Waals surface area contributed by atoms with Crippen molar-refractivity contribution in [1.29, 1.82) is 0 Å². The van der Waals surface area contributed by atoms with Gasteiger partial charge in [0.2, 0.25) is 10.0 Å². The van der Waals surface area contributed by atoms with Gasteiger partial charge in [-0.1, -0.05) is 38.1 Å². The van der Waals surface area contributed by atoms with Crippen molar-refractivity contribution in [1.82, 2.24) is 4.98 Å². The lowest BCUT2D eigenvalue weighted by atomic mass is 10.0. The first-order valence-corrected chi connectivity index (χ1v) is 11.2. The molecule has 162 valence electrons. The van der Waals surface area contributed by atoms with Gasteiger partial charge in [-0.2, -0.15) is 0 Å². The molecule has 0 aliphatic heterocycles. The van der Waals surface area contributed by atoms with Gasteiger partial charge in [0.15, 0.2) is 6.10 Å². The molecular weight excluding hydrogens is 418 g/mol. The van der Waals surface area contributed by atoms with Crippen LogP contribution in [0.5, 0.6) is 0 Å². The third-order valence-corrected chi connectivity index (χ3v) is 5.54. The molecule has 0 spiro atoms. The van der Waals surface area contributed by atoms with Crippen molar-refractivity contribution in [3.8, 4) is 0 Å². The van der Waals surface area contributed by atoms with Crippen molar-refractivity contribution in [3.05, 3.63) is 65.9 Å². The number of para-hydroxylation sites is 1. The fourth-order valence-electron chi connectivity index (χ4n) is 2.93. The predicted molar refractivity (Wildman–Crippen MR) is 117 cm³/mol. The zero-order valence-electron chi connectivity index (χ0n) is 17.3. The number of primary sulfonamides is 1. The minimum Gasteiger partial charge on any atom is -0.449 e. The van der Waals surface area contributed by atoms with Crippen LogP contribution in [-0.2, 0) is 19.6 Å². The first-order valence-electron chi connectivity index (χ1n) is 9.60. The maximum Gasteiger partial charge on any atom is 0.339 e. The van der Waals surface area contributed by atoms with Crippen LogP contribution in [-0.4, -0.2) is 31.4 Å². The van der Waals surface area contributed by atoms with E-state index < -0.39 is 28.0 Å². The predicted octanol–water partition coefficient (Wildman–Crippen LogP) is 3.19. The molecule has 3 N–H and O–H groups in total. The van der Waals surface area contributed by atoms with Crippen LogP contribution < -0.4 is 10.5 Å². The van der Waals surface area contributed by atoms with Crippen molar-refractivity contribution in [3.63, 3.8) is 0 Å². The van der Waals surface area contributed by atoms with E-state index in [4.69, 9.17) is 9.88 Å². The Morgan fingerprint density at radius 2 is 1.74 bits per heavy atom. The second-order valence-electron chi connectivity index (χ2n) is 7.38. The number of esters is 1. The van der Waals surface area contributed by atoms with E-state index in [0.717, 1.165) is 5.69 Å². The Balaban J connectivity index is 1.80. The van der Waals surface area contributed by atoms with Crippen LogP contribution in [0, 0.1) is 0 Å². The average Bonchev–Trinajstić information content (AvgIpc) is 2.72. The number of nitrogens with two attached hydrogens (primary N) is 1. The quantitative estimate of drug-likeness (QED) is 0.565. The van der Waals surface area contributed by atoms with Crippen molar-refractivity contribution < 1.29 is 22.7 Å². The normalized spacial score (nSPS) is 12.5. The summed E-state index contributed by atoms with van der Waals surface area (Å²) in [5, 5.41) is 8.27. The van der Waals surface area contributed by atoms with E-state index in [1.54, 1.807) is 18.2 Å². The van der Waals surface area contributed by atoms with E-state index in [9.17, 15) is 18.0 Å². The molecule has 1 amide bonds. The van der Waals surface area contributed by atoms with Crippen molar-refractivity contribution >= 4 is 38.5 Å². The summed E-state index contributed by atoms with van der Waals surface area (Å²) < 4.78 is 28.3. The molecule has 0 fully saturated rings. The Labute approximate surface area is 180 Å². The highest BCUT2D eigenvalue weighted by molar-refractivity contribution is 7.89. The largest absolute Gasteiger partial charge is 0.449 e. The number of sulfonamides is 1. The van der Waals surface area contributed by atoms with Crippen LogP contribution in [0.2, 0.25) is 0 Å². The van der Waals surface area contributed by atoms with E-state index in [-0.39, 0.29) is 16.5 Å². The van der Waals surface area contributed by atoms with Gasteiger partial charge in [0.05, 0.1) is 16.0 Å². The standard InChI is InChI=1S/C22H23N3O5S/c1-13(2)20-12-18(17-9-4-5-10-19(17)25-20)22(27)30-14(3)21(26)24-15-7-6-8-16(11-15)31(23,28)29/h4-14H,1-3H3,(H,24,26)(H2,23,28,29). The Morgan fingerprint density at radius 3 is 2.42 bits per heavy atom. The number of nitrogens with zero attached hydrogens (tertiary/aromatic N) is 1. The van der Waals surface area contributed by atoms with Crippen molar-refractivity contribution in [2.75, 3.05) is 5.32 Å². The lowest BCUT2D eigenvalue weighted by Crippen LogP contribution is -2.30. The Hall–Kier alpha value is -3.30. The van der Waals surface area contributed by atoms with Gasteiger partial charge in [-0.25, -0.2) is 18.4 Å². The number of rotatable bonds is 6. The minimum absolute atomic E-state index is 0.1000. The summed E-state index contributed by atoms with van der Waals surface area (Å²) in [5.74, 6) is -1.16. The van der Waals surface area contributed by atoms with Crippen molar-refractivity contribution in [2.45, 2.75) is 37.7 Å². The van der Waals surface area contributed by atoms with Gasteiger partial charge < -0.3 is 10.1 Å². The number of benzene rings is 2. The topological polar surface area (TPSA) is 128 Å². The number of hydrogen-bond donors (Lipinski definition) is 2. The number of aromatic nitrogens is 1. The number of amides is 1. The third-order valence-electron chi connectivity index (χ3n) is 4.63. The molecule has 9 heteroatoms. The fourth-order valence-corrected chi connectivity index (χ4v) is 3.49. The zero-order chi connectivity index (χ0) is 22.8. The van der Waals surface area contributed by atoms with Crippen LogP contribution in [0.25, 0.3) is 10.9 Å². The first kappa shape index (κ1) is 22.4. The molecule has 8 nitrogen and oxygen atoms in total. The van der Waals surface area contributed by atoms with E-state index in [1.165, 1.54) is 31.2 Å². The van der Waals surface area contributed by atoms with Gasteiger partial charge in [0.1, 0.15) is 0 Å². The summed E-state index contributed by atoms with van der Waals surface area (Å²) in [6.07, 6.45) is -1.12.